The highest BCUT2D eigenvalue weighted by molar-refractivity contribution is 5.72. The summed E-state index contributed by atoms with van der Waals surface area (Å²) >= 11 is 0. The molecule has 1 nitrogen and oxygen atoms in total. The highest BCUT2D eigenvalue weighted by Gasteiger charge is 2.33. The summed E-state index contributed by atoms with van der Waals surface area (Å²) in [7, 11) is 0. The van der Waals surface area contributed by atoms with Crippen LogP contribution in [-0.2, 0) is 19.3 Å². The van der Waals surface area contributed by atoms with E-state index >= 15 is 0 Å². The maximum Gasteiger partial charge on any atom is 0.573 e. The molecular weight excluding hydrogens is 358 g/mol. The van der Waals surface area contributed by atoms with Gasteiger partial charge in [0.15, 0.2) is 11.6 Å². The van der Waals surface area contributed by atoms with Gasteiger partial charge in [-0.1, -0.05) is 13.0 Å². The van der Waals surface area contributed by atoms with E-state index in [0.717, 1.165) is 12.1 Å². The fourth-order valence-electron chi connectivity index (χ4n) is 3.03. The van der Waals surface area contributed by atoms with Crippen LogP contribution in [0, 0.1) is 17.5 Å². The monoisotopic (exact) mass is 372 g/mol. The molecule has 0 bridgehead atoms. The minimum absolute atomic E-state index is 0.0118. The van der Waals surface area contributed by atoms with Gasteiger partial charge in [-0.05, 0) is 65.8 Å². The van der Waals surface area contributed by atoms with E-state index < -0.39 is 29.6 Å². The predicted molar refractivity (Wildman–Crippen MR) is 84.2 cm³/mol. The normalized spacial score (nSPS) is 14.0. The quantitative estimate of drug-likeness (QED) is 0.624. The standard InChI is InChI=1S/C19H14F6O/c1-2-10-5-15(21)18(16(22)6-10)12-4-3-11-9-17(26-19(23,24)25)14(20)8-13(11)7-12/h4-6,8-9H,2-3,7H2,1H3. The van der Waals surface area contributed by atoms with Gasteiger partial charge in [0.2, 0.25) is 0 Å². The maximum atomic E-state index is 14.3. The SMILES string of the molecule is CCc1cc(F)c(C2=CCc3cc(OC(F)(F)F)c(F)cc3C2)c(F)c1. The summed E-state index contributed by atoms with van der Waals surface area (Å²) in [6.07, 6.45) is -2.86. The summed E-state index contributed by atoms with van der Waals surface area (Å²) in [6.45, 7) is 1.77. The van der Waals surface area contributed by atoms with Gasteiger partial charge in [-0.15, -0.1) is 13.2 Å². The van der Waals surface area contributed by atoms with Crippen molar-refractivity contribution in [2.24, 2.45) is 0 Å². The van der Waals surface area contributed by atoms with E-state index in [1.807, 2.05) is 0 Å². The number of rotatable bonds is 3. The zero-order chi connectivity index (χ0) is 19.1. The molecule has 26 heavy (non-hydrogen) atoms. The van der Waals surface area contributed by atoms with E-state index in [0.29, 0.717) is 28.7 Å². The molecule has 0 saturated carbocycles. The molecule has 1 aliphatic rings. The van der Waals surface area contributed by atoms with Crippen LogP contribution in [0.15, 0.2) is 30.3 Å². The minimum Gasteiger partial charge on any atom is -0.403 e. The van der Waals surface area contributed by atoms with E-state index in [-0.39, 0.29) is 18.4 Å². The Hall–Kier alpha value is -2.44. The van der Waals surface area contributed by atoms with Crippen molar-refractivity contribution < 1.29 is 31.1 Å². The number of benzene rings is 2. The van der Waals surface area contributed by atoms with Crippen LogP contribution in [0.25, 0.3) is 5.57 Å². The number of halogens is 6. The fourth-order valence-corrected chi connectivity index (χ4v) is 3.03. The van der Waals surface area contributed by atoms with Crippen molar-refractivity contribution in [2.45, 2.75) is 32.5 Å². The van der Waals surface area contributed by atoms with Crippen LogP contribution in [-0.4, -0.2) is 6.36 Å². The second-order valence-electron chi connectivity index (χ2n) is 6.00. The topological polar surface area (TPSA) is 9.23 Å². The molecule has 2 aromatic rings. The summed E-state index contributed by atoms with van der Waals surface area (Å²) in [5.41, 5.74) is 1.44. The van der Waals surface area contributed by atoms with Crippen molar-refractivity contribution in [3.8, 4) is 5.75 Å². The molecule has 0 aromatic heterocycles. The van der Waals surface area contributed by atoms with Crippen LogP contribution >= 0.6 is 0 Å². The van der Waals surface area contributed by atoms with E-state index in [2.05, 4.69) is 4.74 Å². The first kappa shape index (κ1) is 18.4. The number of allylic oxidation sites excluding steroid dienone is 2. The molecule has 0 fully saturated rings. The van der Waals surface area contributed by atoms with Gasteiger partial charge >= 0.3 is 6.36 Å². The van der Waals surface area contributed by atoms with Gasteiger partial charge in [0, 0.05) is 5.56 Å². The van der Waals surface area contributed by atoms with Crippen LogP contribution in [0.2, 0.25) is 0 Å². The molecule has 7 heteroatoms. The summed E-state index contributed by atoms with van der Waals surface area (Å²) in [5.74, 6) is -3.52. The summed E-state index contributed by atoms with van der Waals surface area (Å²) < 4.78 is 83.0. The van der Waals surface area contributed by atoms with Crippen LogP contribution in [0.5, 0.6) is 5.75 Å². The minimum atomic E-state index is -5.00. The Balaban J connectivity index is 1.94. The molecule has 0 saturated heterocycles. The molecule has 2 aromatic carbocycles. The van der Waals surface area contributed by atoms with Crippen molar-refractivity contribution in [3.63, 3.8) is 0 Å². The van der Waals surface area contributed by atoms with Crippen molar-refractivity contribution in [1.29, 1.82) is 0 Å². The fraction of sp³-hybridized carbons (Fsp3) is 0.263. The summed E-state index contributed by atoms with van der Waals surface area (Å²) in [6, 6.07) is 4.38. The summed E-state index contributed by atoms with van der Waals surface area (Å²) in [4.78, 5) is 0. The lowest BCUT2D eigenvalue weighted by atomic mass is 9.87. The van der Waals surface area contributed by atoms with Crippen LogP contribution < -0.4 is 4.74 Å². The van der Waals surface area contributed by atoms with Gasteiger partial charge in [-0.3, -0.25) is 0 Å². The molecule has 1 aliphatic carbocycles. The smallest absolute Gasteiger partial charge is 0.403 e. The molecule has 0 atom stereocenters. The largest absolute Gasteiger partial charge is 0.573 e. The Morgan fingerprint density at radius 2 is 1.58 bits per heavy atom. The van der Waals surface area contributed by atoms with Crippen molar-refractivity contribution in [1.82, 2.24) is 0 Å². The molecule has 0 N–H and O–H groups in total. The van der Waals surface area contributed by atoms with Crippen LogP contribution in [0.4, 0.5) is 26.3 Å². The molecule has 0 heterocycles. The Labute approximate surface area is 145 Å². The second kappa shape index (κ2) is 6.70. The van der Waals surface area contributed by atoms with E-state index in [9.17, 15) is 26.3 Å². The number of hydrogen-bond acceptors (Lipinski definition) is 1. The Morgan fingerprint density at radius 1 is 0.923 bits per heavy atom. The number of ether oxygens (including phenoxy) is 1. The zero-order valence-corrected chi connectivity index (χ0v) is 13.7. The third-order valence-electron chi connectivity index (χ3n) is 4.26. The lowest BCUT2D eigenvalue weighted by Crippen LogP contribution is -2.18. The molecule has 0 aliphatic heterocycles. The summed E-state index contributed by atoms with van der Waals surface area (Å²) in [5, 5.41) is 0. The number of fused-ring (bicyclic) bond motifs is 1. The van der Waals surface area contributed by atoms with E-state index in [1.165, 1.54) is 18.2 Å². The van der Waals surface area contributed by atoms with Gasteiger partial charge in [0.1, 0.15) is 11.6 Å². The van der Waals surface area contributed by atoms with Crippen molar-refractivity contribution in [2.75, 3.05) is 0 Å². The molecule has 0 spiro atoms. The second-order valence-corrected chi connectivity index (χ2v) is 6.00. The first-order chi connectivity index (χ1) is 12.2. The van der Waals surface area contributed by atoms with E-state index in [1.54, 1.807) is 6.92 Å². The highest BCUT2D eigenvalue weighted by Crippen LogP contribution is 2.35. The molecular formula is C19H14F6O. The Morgan fingerprint density at radius 3 is 2.15 bits per heavy atom. The molecule has 0 unspecified atom stereocenters. The average molecular weight is 372 g/mol. The van der Waals surface area contributed by atoms with Crippen LogP contribution in [0.3, 0.4) is 0 Å². The van der Waals surface area contributed by atoms with Gasteiger partial charge in [-0.2, -0.15) is 0 Å². The highest BCUT2D eigenvalue weighted by atomic mass is 19.4. The van der Waals surface area contributed by atoms with Crippen molar-refractivity contribution in [3.05, 3.63) is 70.0 Å². The van der Waals surface area contributed by atoms with E-state index in [4.69, 9.17) is 0 Å². The van der Waals surface area contributed by atoms with Gasteiger partial charge in [0.25, 0.3) is 0 Å². The lowest BCUT2D eigenvalue weighted by molar-refractivity contribution is -0.275. The third-order valence-corrected chi connectivity index (χ3v) is 4.26. The average Bonchev–Trinajstić information content (AvgIpc) is 2.53. The maximum absolute atomic E-state index is 14.3. The van der Waals surface area contributed by atoms with Crippen LogP contribution in [0.1, 0.15) is 29.2 Å². The zero-order valence-electron chi connectivity index (χ0n) is 13.7. The molecule has 0 amide bonds. The Bertz CT molecular complexity index is 859. The molecule has 138 valence electrons. The van der Waals surface area contributed by atoms with Gasteiger partial charge in [0.05, 0.1) is 0 Å². The van der Waals surface area contributed by atoms with Crippen molar-refractivity contribution >= 4 is 5.57 Å². The first-order valence-electron chi connectivity index (χ1n) is 7.92. The number of alkyl halides is 3. The van der Waals surface area contributed by atoms with Gasteiger partial charge in [-0.25, -0.2) is 13.2 Å². The number of aryl methyl sites for hydroxylation is 1. The van der Waals surface area contributed by atoms with Gasteiger partial charge < -0.3 is 4.74 Å². The third kappa shape index (κ3) is 3.71. The molecule has 0 radical (unpaired) electrons. The predicted octanol–water partition coefficient (Wildman–Crippen LogP) is 5.75. The first-order valence-corrected chi connectivity index (χ1v) is 7.92. The molecule has 3 rings (SSSR count). The number of hydrogen-bond donors (Lipinski definition) is 0. The Kier molecular flexibility index (Phi) is 4.73. The lowest BCUT2D eigenvalue weighted by Gasteiger charge is -2.20.